The lowest BCUT2D eigenvalue weighted by atomic mass is 10.4. The molecule has 0 saturated heterocycles. The summed E-state index contributed by atoms with van der Waals surface area (Å²) in [6.45, 7) is 1.37. The minimum Gasteiger partial charge on any atom is -0.363 e. The van der Waals surface area contributed by atoms with E-state index in [0.29, 0.717) is 5.69 Å². The Morgan fingerprint density at radius 2 is 2.42 bits per heavy atom. The molecule has 0 aliphatic heterocycles. The van der Waals surface area contributed by atoms with Crippen molar-refractivity contribution in [3.8, 4) is 0 Å². The van der Waals surface area contributed by atoms with Crippen LogP contribution in [0.3, 0.4) is 0 Å². The van der Waals surface area contributed by atoms with E-state index >= 15 is 0 Å². The molecular formula is C6H6Cl2N2O2. The fourth-order valence-corrected chi connectivity index (χ4v) is 0.602. The van der Waals surface area contributed by atoms with Crippen molar-refractivity contribution >= 4 is 34.8 Å². The number of carbonyl (C=O) groups is 1. The van der Waals surface area contributed by atoms with Gasteiger partial charge in [-0.15, -0.1) is 0 Å². The third-order valence-electron chi connectivity index (χ3n) is 1.09. The number of rotatable bonds is 2. The Hall–Kier alpha value is -0.740. The van der Waals surface area contributed by atoms with E-state index in [9.17, 15) is 4.79 Å². The minimum absolute atomic E-state index is 0.424. The van der Waals surface area contributed by atoms with Crippen molar-refractivity contribution in [1.29, 1.82) is 0 Å². The molecule has 6 heteroatoms. The van der Waals surface area contributed by atoms with E-state index in [1.165, 1.54) is 19.4 Å². The number of amides is 1. The summed E-state index contributed by atoms with van der Waals surface area (Å²) in [6, 6.07) is 0. The molecule has 0 aliphatic rings. The number of halogens is 2. The smallest absolute Gasteiger partial charge is 0.260 e. The van der Waals surface area contributed by atoms with Gasteiger partial charge in [-0.3, -0.25) is 4.79 Å². The Labute approximate surface area is 78.8 Å². The average molecular weight is 209 g/mol. The van der Waals surface area contributed by atoms with E-state index in [4.69, 9.17) is 23.2 Å². The summed E-state index contributed by atoms with van der Waals surface area (Å²) in [5.74, 6) is -0.519. The predicted octanol–water partition coefficient (Wildman–Crippen LogP) is 1.81. The summed E-state index contributed by atoms with van der Waals surface area (Å²) in [5.41, 5.74) is 0.424. The first-order valence-electron chi connectivity index (χ1n) is 3.09. The van der Waals surface area contributed by atoms with Crippen LogP contribution in [-0.2, 0) is 4.79 Å². The third kappa shape index (κ3) is 2.39. The topological polar surface area (TPSA) is 55.1 Å². The molecule has 12 heavy (non-hydrogen) atoms. The molecule has 0 aromatic carbocycles. The largest absolute Gasteiger partial charge is 0.363 e. The maximum absolute atomic E-state index is 11.1. The number of hydrogen-bond donors (Lipinski definition) is 1. The third-order valence-corrected chi connectivity index (χ3v) is 1.43. The van der Waals surface area contributed by atoms with E-state index in [1.54, 1.807) is 0 Å². The summed E-state index contributed by atoms with van der Waals surface area (Å²) in [4.78, 5) is 11.1. The van der Waals surface area contributed by atoms with Gasteiger partial charge >= 0.3 is 0 Å². The van der Waals surface area contributed by atoms with E-state index in [-0.39, 0.29) is 0 Å². The van der Waals surface area contributed by atoms with E-state index in [2.05, 4.69) is 15.0 Å². The van der Waals surface area contributed by atoms with Crippen LogP contribution in [0, 0.1) is 0 Å². The zero-order valence-electron chi connectivity index (χ0n) is 6.17. The van der Waals surface area contributed by atoms with Crippen molar-refractivity contribution in [2.24, 2.45) is 0 Å². The predicted molar refractivity (Wildman–Crippen MR) is 45.2 cm³/mol. The molecule has 0 radical (unpaired) electrons. The summed E-state index contributed by atoms with van der Waals surface area (Å²) in [7, 11) is 0. The monoisotopic (exact) mass is 208 g/mol. The normalized spacial score (nSPS) is 11.2. The molecule has 4 nitrogen and oxygen atoms in total. The number of hydrogen-bond acceptors (Lipinski definition) is 3. The van der Waals surface area contributed by atoms with Gasteiger partial charge in [0.15, 0.2) is 4.33 Å². The summed E-state index contributed by atoms with van der Waals surface area (Å²) in [6.07, 6.45) is 2.62. The molecule has 0 unspecified atom stereocenters. The molecule has 0 aliphatic carbocycles. The summed E-state index contributed by atoms with van der Waals surface area (Å²) >= 11 is 11.0. The molecule has 0 bridgehead atoms. The fourth-order valence-electron chi connectivity index (χ4n) is 0.507. The van der Waals surface area contributed by atoms with E-state index in [1.807, 2.05) is 0 Å². The Kier molecular flexibility index (Phi) is 2.59. The first-order chi connectivity index (χ1) is 5.50. The van der Waals surface area contributed by atoms with Crippen molar-refractivity contribution in [2.45, 2.75) is 11.3 Å². The number of aromatic nitrogens is 1. The van der Waals surface area contributed by atoms with E-state index in [0.717, 1.165) is 0 Å². The number of nitrogens with zero attached hydrogens (tertiary/aromatic N) is 1. The molecule has 0 atom stereocenters. The van der Waals surface area contributed by atoms with Crippen LogP contribution in [0.5, 0.6) is 0 Å². The van der Waals surface area contributed by atoms with Crippen LogP contribution in [-0.4, -0.2) is 15.4 Å². The fraction of sp³-hybridized carbons (Fsp3) is 0.333. The second kappa shape index (κ2) is 3.33. The maximum atomic E-state index is 11.1. The highest BCUT2D eigenvalue weighted by Crippen LogP contribution is 2.21. The molecule has 1 amide bonds. The van der Waals surface area contributed by atoms with Crippen molar-refractivity contribution in [3.05, 3.63) is 12.5 Å². The van der Waals surface area contributed by atoms with Crippen molar-refractivity contribution in [2.75, 3.05) is 5.32 Å². The SMILES string of the molecule is CC(Cl)(Cl)C(=O)Nc1cnoc1. The van der Waals surface area contributed by atoms with Gasteiger partial charge in [-0.1, -0.05) is 28.4 Å². The van der Waals surface area contributed by atoms with Gasteiger partial charge in [0.1, 0.15) is 12.0 Å². The van der Waals surface area contributed by atoms with Gasteiger partial charge in [0.25, 0.3) is 5.91 Å². The van der Waals surface area contributed by atoms with Gasteiger partial charge < -0.3 is 9.84 Å². The van der Waals surface area contributed by atoms with Crippen LogP contribution >= 0.6 is 23.2 Å². The maximum Gasteiger partial charge on any atom is 0.260 e. The molecule has 0 saturated carbocycles. The number of anilines is 1. The van der Waals surface area contributed by atoms with Gasteiger partial charge in [-0.2, -0.15) is 0 Å². The molecule has 1 rings (SSSR count). The van der Waals surface area contributed by atoms with Crippen LogP contribution in [0.25, 0.3) is 0 Å². The number of carbonyl (C=O) groups excluding carboxylic acids is 1. The lowest BCUT2D eigenvalue weighted by Gasteiger charge is -2.10. The van der Waals surface area contributed by atoms with Crippen molar-refractivity contribution < 1.29 is 9.32 Å². The zero-order chi connectivity index (χ0) is 9.19. The highest BCUT2D eigenvalue weighted by Gasteiger charge is 2.27. The highest BCUT2D eigenvalue weighted by molar-refractivity contribution is 6.58. The lowest BCUT2D eigenvalue weighted by molar-refractivity contribution is -0.116. The number of alkyl halides is 2. The quantitative estimate of drug-likeness (QED) is 0.755. The second-order valence-electron chi connectivity index (χ2n) is 2.26. The lowest BCUT2D eigenvalue weighted by Crippen LogP contribution is -2.28. The minimum atomic E-state index is -1.45. The Balaban J connectivity index is 2.60. The van der Waals surface area contributed by atoms with Crippen LogP contribution in [0.1, 0.15) is 6.92 Å². The van der Waals surface area contributed by atoms with Crippen molar-refractivity contribution in [1.82, 2.24) is 5.16 Å². The Morgan fingerprint density at radius 3 is 2.83 bits per heavy atom. The molecule has 1 heterocycles. The van der Waals surface area contributed by atoms with Gasteiger partial charge in [0, 0.05) is 0 Å². The molecule has 1 aromatic heterocycles. The van der Waals surface area contributed by atoms with Crippen molar-refractivity contribution in [3.63, 3.8) is 0 Å². The molecular weight excluding hydrogens is 203 g/mol. The van der Waals surface area contributed by atoms with Crippen LogP contribution < -0.4 is 5.32 Å². The molecule has 1 aromatic rings. The van der Waals surface area contributed by atoms with Gasteiger partial charge in [0.05, 0.1) is 6.20 Å². The zero-order valence-corrected chi connectivity index (χ0v) is 7.69. The van der Waals surface area contributed by atoms with Crippen LogP contribution in [0.15, 0.2) is 17.0 Å². The van der Waals surface area contributed by atoms with Gasteiger partial charge in [0.2, 0.25) is 0 Å². The average Bonchev–Trinajstić information content (AvgIpc) is 2.37. The first-order valence-corrected chi connectivity index (χ1v) is 3.84. The summed E-state index contributed by atoms with van der Waals surface area (Å²) < 4.78 is 3.03. The Morgan fingerprint density at radius 1 is 1.75 bits per heavy atom. The summed E-state index contributed by atoms with van der Waals surface area (Å²) in [5, 5.41) is 5.78. The Bertz CT molecular complexity index is 266. The molecule has 66 valence electrons. The first kappa shape index (κ1) is 9.35. The molecule has 0 spiro atoms. The van der Waals surface area contributed by atoms with Crippen LogP contribution in [0.2, 0.25) is 0 Å². The molecule has 0 fully saturated rings. The second-order valence-corrected chi connectivity index (χ2v) is 3.96. The van der Waals surface area contributed by atoms with Crippen LogP contribution in [0.4, 0.5) is 5.69 Å². The standard InChI is InChI=1S/C6H6Cl2N2O2/c1-6(7,8)5(11)10-4-2-9-12-3-4/h2-3H,1H3,(H,10,11). The molecule has 1 N–H and O–H groups in total. The number of nitrogens with one attached hydrogen (secondary N) is 1. The van der Waals surface area contributed by atoms with Gasteiger partial charge in [-0.25, -0.2) is 0 Å². The van der Waals surface area contributed by atoms with Gasteiger partial charge in [-0.05, 0) is 6.92 Å². The van der Waals surface area contributed by atoms with E-state index < -0.39 is 10.2 Å². The highest BCUT2D eigenvalue weighted by atomic mass is 35.5.